The van der Waals surface area contributed by atoms with Crippen LogP contribution in [0.15, 0.2) is 16.7 Å². The van der Waals surface area contributed by atoms with Gasteiger partial charge >= 0.3 is 11.9 Å². The minimum Gasteiger partial charge on any atom is -0.469 e. The third-order valence-corrected chi connectivity index (χ3v) is 2.01. The van der Waals surface area contributed by atoms with Crippen LogP contribution in [-0.4, -0.2) is 25.7 Å². The smallest absolute Gasteiger partial charge is 0.313 e. The summed E-state index contributed by atoms with van der Waals surface area (Å²) < 4.78 is 14.4. The van der Waals surface area contributed by atoms with Gasteiger partial charge in [-0.05, 0) is 13.0 Å². The summed E-state index contributed by atoms with van der Waals surface area (Å²) >= 11 is 0. The molecule has 1 rings (SSSR count). The van der Waals surface area contributed by atoms with Crippen LogP contribution < -0.4 is 0 Å². The van der Waals surface area contributed by atoms with Crippen molar-refractivity contribution in [3.8, 4) is 0 Å². The van der Waals surface area contributed by atoms with Crippen LogP contribution in [0, 0.1) is 0 Å². The highest BCUT2D eigenvalue weighted by Crippen LogP contribution is 2.13. The number of hydrogen-bond donors (Lipinski definition) is 0. The zero-order valence-corrected chi connectivity index (χ0v) is 9.32. The summed E-state index contributed by atoms with van der Waals surface area (Å²) in [6, 6.07) is 1.64. The molecule has 0 aliphatic carbocycles. The Bertz CT molecular complexity index is 366. The average Bonchev–Trinajstić information content (AvgIpc) is 2.66. The van der Waals surface area contributed by atoms with Gasteiger partial charge in [0, 0.05) is 5.56 Å². The molecule has 5 heteroatoms. The zero-order valence-electron chi connectivity index (χ0n) is 9.32. The van der Waals surface area contributed by atoms with E-state index in [0.717, 1.165) is 0 Å². The first kappa shape index (κ1) is 12.3. The quantitative estimate of drug-likeness (QED) is 0.703. The van der Waals surface area contributed by atoms with E-state index >= 15 is 0 Å². The molecule has 0 fully saturated rings. The average molecular weight is 226 g/mol. The minimum atomic E-state index is -0.372. The van der Waals surface area contributed by atoms with Crippen LogP contribution in [0.4, 0.5) is 0 Å². The highest BCUT2D eigenvalue weighted by atomic mass is 16.5. The highest BCUT2D eigenvalue weighted by Gasteiger charge is 2.14. The third-order valence-electron chi connectivity index (χ3n) is 2.01. The second kappa shape index (κ2) is 5.95. The van der Waals surface area contributed by atoms with Crippen molar-refractivity contribution in [1.29, 1.82) is 0 Å². The number of ether oxygens (including phenoxy) is 2. The summed E-state index contributed by atoms with van der Waals surface area (Å²) in [5.41, 5.74) is 0.653. The topological polar surface area (TPSA) is 65.7 Å². The number of furan rings is 1. The number of carbonyl (C=O) groups is 2. The molecule has 0 aliphatic rings. The first-order valence-corrected chi connectivity index (χ1v) is 4.95. The molecule has 0 saturated heterocycles. The molecule has 1 heterocycles. The van der Waals surface area contributed by atoms with Gasteiger partial charge in [0.15, 0.2) is 0 Å². The number of methoxy groups -OCH3 is 1. The predicted molar refractivity (Wildman–Crippen MR) is 54.8 cm³/mol. The molecular weight excluding hydrogens is 212 g/mol. The molecule has 1 aromatic rings. The second-order valence-electron chi connectivity index (χ2n) is 3.10. The molecule has 0 unspecified atom stereocenters. The molecule has 16 heavy (non-hydrogen) atoms. The first-order valence-electron chi connectivity index (χ1n) is 4.95. The Morgan fingerprint density at radius 1 is 1.31 bits per heavy atom. The van der Waals surface area contributed by atoms with Crippen molar-refractivity contribution >= 4 is 11.9 Å². The maximum Gasteiger partial charge on any atom is 0.313 e. The van der Waals surface area contributed by atoms with Crippen LogP contribution >= 0.6 is 0 Å². The van der Waals surface area contributed by atoms with Crippen LogP contribution in [0.2, 0.25) is 0 Å². The molecule has 0 atom stereocenters. The fraction of sp³-hybridized carbons (Fsp3) is 0.455. The van der Waals surface area contributed by atoms with Crippen molar-refractivity contribution in [2.24, 2.45) is 0 Å². The molecule has 0 saturated carbocycles. The van der Waals surface area contributed by atoms with Crippen LogP contribution in [0.5, 0.6) is 0 Å². The molecular formula is C11H14O5. The molecule has 1 aromatic heterocycles. The van der Waals surface area contributed by atoms with Gasteiger partial charge in [0.1, 0.15) is 12.2 Å². The Morgan fingerprint density at radius 3 is 2.69 bits per heavy atom. The van der Waals surface area contributed by atoms with E-state index in [1.54, 1.807) is 13.0 Å². The number of esters is 2. The minimum absolute atomic E-state index is 0.0349. The van der Waals surface area contributed by atoms with Crippen molar-refractivity contribution in [1.82, 2.24) is 0 Å². The predicted octanol–water partition coefficient (Wildman–Crippen LogP) is 1.10. The lowest BCUT2D eigenvalue weighted by molar-refractivity contribution is -0.143. The van der Waals surface area contributed by atoms with E-state index in [9.17, 15) is 9.59 Å². The Balaban J connectivity index is 2.63. The van der Waals surface area contributed by atoms with Crippen molar-refractivity contribution < 1.29 is 23.5 Å². The van der Waals surface area contributed by atoms with Gasteiger partial charge in [-0.1, -0.05) is 0 Å². The van der Waals surface area contributed by atoms with E-state index in [1.807, 2.05) is 0 Å². The monoisotopic (exact) mass is 226 g/mol. The van der Waals surface area contributed by atoms with Crippen molar-refractivity contribution in [3.05, 3.63) is 23.7 Å². The van der Waals surface area contributed by atoms with Gasteiger partial charge in [-0.3, -0.25) is 9.59 Å². The zero-order chi connectivity index (χ0) is 12.0. The third kappa shape index (κ3) is 3.42. The van der Waals surface area contributed by atoms with Crippen LogP contribution in [-0.2, 0) is 31.9 Å². The van der Waals surface area contributed by atoms with E-state index in [-0.39, 0.29) is 24.8 Å². The molecule has 0 N–H and O–H groups in total. The lowest BCUT2D eigenvalue weighted by Gasteiger charge is -2.02. The van der Waals surface area contributed by atoms with Gasteiger partial charge in [0.25, 0.3) is 0 Å². The van der Waals surface area contributed by atoms with Crippen molar-refractivity contribution in [2.45, 2.75) is 19.8 Å². The Labute approximate surface area is 93.3 Å². The summed E-state index contributed by atoms with van der Waals surface area (Å²) in [7, 11) is 1.31. The molecule has 0 aliphatic heterocycles. The first-order chi connectivity index (χ1) is 7.67. The SMILES string of the molecule is CCOC(=O)Cc1occc1CC(=O)OC. The van der Waals surface area contributed by atoms with E-state index in [0.29, 0.717) is 17.9 Å². The summed E-state index contributed by atoms with van der Waals surface area (Å²) in [4.78, 5) is 22.3. The Kier molecular flexibility index (Phi) is 4.57. The van der Waals surface area contributed by atoms with E-state index in [2.05, 4.69) is 4.74 Å². The van der Waals surface area contributed by atoms with Crippen molar-refractivity contribution in [2.75, 3.05) is 13.7 Å². The lowest BCUT2D eigenvalue weighted by atomic mass is 10.1. The van der Waals surface area contributed by atoms with Crippen molar-refractivity contribution in [3.63, 3.8) is 0 Å². The summed E-state index contributed by atoms with van der Waals surface area (Å²) in [6.07, 6.45) is 1.57. The molecule has 88 valence electrons. The number of hydrogen-bond acceptors (Lipinski definition) is 5. The maximum atomic E-state index is 11.2. The van der Waals surface area contributed by atoms with E-state index < -0.39 is 0 Å². The fourth-order valence-corrected chi connectivity index (χ4v) is 1.25. The molecule has 5 nitrogen and oxygen atoms in total. The van der Waals surface area contributed by atoms with Gasteiger partial charge in [0.2, 0.25) is 0 Å². The molecule has 0 radical (unpaired) electrons. The summed E-state index contributed by atoms with van der Waals surface area (Å²) in [6.45, 7) is 2.06. The van der Waals surface area contributed by atoms with Gasteiger partial charge in [0.05, 0.1) is 26.4 Å². The van der Waals surface area contributed by atoms with Crippen LogP contribution in [0.1, 0.15) is 18.2 Å². The van der Waals surface area contributed by atoms with Gasteiger partial charge < -0.3 is 13.9 Å². The van der Waals surface area contributed by atoms with Crippen LogP contribution in [0.3, 0.4) is 0 Å². The number of carbonyl (C=O) groups excluding carboxylic acids is 2. The second-order valence-corrected chi connectivity index (χ2v) is 3.10. The normalized spacial score (nSPS) is 9.88. The van der Waals surface area contributed by atoms with Crippen LogP contribution in [0.25, 0.3) is 0 Å². The van der Waals surface area contributed by atoms with E-state index in [1.165, 1.54) is 13.4 Å². The molecule has 0 bridgehead atoms. The largest absolute Gasteiger partial charge is 0.469 e. The Hall–Kier alpha value is -1.78. The lowest BCUT2D eigenvalue weighted by Crippen LogP contribution is -2.10. The summed E-state index contributed by atoms with van der Waals surface area (Å²) in [5, 5.41) is 0. The Morgan fingerprint density at radius 2 is 2.06 bits per heavy atom. The van der Waals surface area contributed by atoms with E-state index in [4.69, 9.17) is 9.15 Å². The number of rotatable bonds is 5. The maximum absolute atomic E-state index is 11.2. The van der Waals surface area contributed by atoms with Gasteiger partial charge in [-0.25, -0.2) is 0 Å². The fourth-order valence-electron chi connectivity index (χ4n) is 1.25. The standard InChI is InChI=1S/C11H14O5/c1-3-15-11(13)7-9-8(4-5-16-9)6-10(12)14-2/h4-5H,3,6-7H2,1-2H3. The molecule has 0 spiro atoms. The highest BCUT2D eigenvalue weighted by molar-refractivity contribution is 5.75. The van der Waals surface area contributed by atoms with Gasteiger partial charge in [-0.2, -0.15) is 0 Å². The molecule has 0 amide bonds. The van der Waals surface area contributed by atoms with Gasteiger partial charge in [-0.15, -0.1) is 0 Å². The summed E-state index contributed by atoms with van der Waals surface area (Å²) in [5.74, 6) is -0.293. The molecule has 0 aromatic carbocycles.